The minimum absolute atomic E-state index is 0.625. The number of benzene rings is 4. The molecule has 0 amide bonds. The molecule has 174 valence electrons. The number of para-hydroxylation sites is 2. The zero-order valence-corrected chi connectivity index (χ0v) is 20.1. The Bertz CT molecular complexity index is 1690. The molecule has 4 nitrogen and oxygen atoms in total. The highest BCUT2D eigenvalue weighted by atomic mass is 16.4. The minimum atomic E-state index is 0.625. The number of nitrogens with zero attached hydrogens (tertiary/aromatic N) is 2. The Morgan fingerprint density at radius 1 is 0.583 bits per heavy atom. The van der Waals surface area contributed by atoms with E-state index in [2.05, 4.69) is 58.5 Å². The summed E-state index contributed by atoms with van der Waals surface area (Å²) < 4.78 is 12.0. The summed E-state index contributed by atoms with van der Waals surface area (Å²) in [5.41, 5.74) is 8.89. The summed E-state index contributed by atoms with van der Waals surface area (Å²) in [5.74, 6) is 2.05. The molecule has 36 heavy (non-hydrogen) atoms. The molecule has 0 spiro atoms. The van der Waals surface area contributed by atoms with Gasteiger partial charge in [-0.2, -0.15) is 0 Å². The van der Waals surface area contributed by atoms with Crippen molar-refractivity contribution in [2.45, 2.75) is 13.8 Å². The summed E-state index contributed by atoms with van der Waals surface area (Å²) in [6, 6.07) is 33.0. The number of allylic oxidation sites excluding steroid dienone is 1. The lowest BCUT2D eigenvalue weighted by atomic mass is 9.97. The van der Waals surface area contributed by atoms with Gasteiger partial charge in [-0.25, -0.2) is 9.97 Å². The first-order chi connectivity index (χ1) is 17.7. The van der Waals surface area contributed by atoms with Gasteiger partial charge in [0.1, 0.15) is 11.3 Å². The van der Waals surface area contributed by atoms with Gasteiger partial charge in [-0.15, -0.1) is 0 Å². The van der Waals surface area contributed by atoms with Gasteiger partial charge in [0.05, 0.1) is 5.69 Å². The van der Waals surface area contributed by atoms with E-state index in [4.69, 9.17) is 8.83 Å². The SMILES string of the molecule is CC=Cc1oc(-c2cccc(-c3cccc(-c4cccc(-c5nc6ccccc6o5)c4)c3)c2)nc1C. The van der Waals surface area contributed by atoms with Crippen molar-refractivity contribution in [2.75, 3.05) is 0 Å². The second kappa shape index (κ2) is 9.16. The molecule has 0 unspecified atom stereocenters. The molecular weight excluding hydrogens is 444 g/mol. The van der Waals surface area contributed by atoms with Crippen LogP contribution in [0.5, 0.6) is 0 Å². The Morgan fingerprint density at radius 3 is 1.69 bits per heavy atom. The van der Waals surface area contributed by atoms with Gasteiger partial charge in [-0.3, -0.25) is 0 Å². The zero-order chi connectivity index (χ0) is 24.5. The maximum Gasteiger partial charge on any atom is 0.227 e. The Balaban J connectivity index is 1.34. The van der Waals surface area contributed by atoms with E-state index >= 15 is 0 Å². The number of hydrogen-bond acceptors (Lipinski definition) is 4. The molecule has 0 atom stereocenters. The van der Waals surface area contributed by atoms with Gasteiger partial charge in [0, 0.05) is 11.1 Å². The standard InChI is InChI=1S/C32H24N2O2/c1-3-9-29-21(2)33-31(35-29)26-14-7-12-24(19-26)22-10-6-11-23(18-22)25-13-8-15-27(20-25)32-34-28-16-4-5-17-30(28)36-32/h3-20H,1-2H3. The molecule has 6 aromatic rings. The number of aryl methyl sites for hydroxylation is 1. The highest BCUT2D eigenvalue weighted by molar-refractivity contribution is 5.79. The third-order valence-electron chi connectivity index (χ3n) is 6.19. The van der Waals surface area contributed by atoms with Crippen LogP contribution >= 0.6 is 0 Å². The van der Waals surface area contributed by atoms with Crippen LogP contribution < -0.4 is 0 Å². The van der Waals surface area contributed by atoms with Crippen LogP contribution in [0.3, 0.4) is 0 Å². The Hall–Kier alpha value is -4.70. The first-order valence-corrected chi connectivity index (χ1v) is 12.0. The molecule has 0 saturated heterocycles. The second-order valence-electron chi connectivity index (χ2n) is 8.70. The molecule has 0 saturated carbocycles. The van der Waals surface area contributed by atoms with Gasteiger partial charge >= 0.3 is 0 Å². The Morgan fingerprint density at radius 2 is 1.11 bits per heavy atom. The Labute approximate surface area is 209 Å². The average Bonchev–Trinajstić information content (AvgIpc) is 3.53. The smallest absolute Gasteiger partial charge is 0.227 e. The number of aromatic nitrogens is 2. The molecule has 2 aromatic heterocycles. The van der Waals surface area contributed by atoms with E-state index in [1.165, 1.54) is 0 Å². The molecular formula is C32H24N2O2. The van der Waals surface area contributed by atoms with Crippen molar-refractivity contribution in [1.82, 2.24) is 9.97 Å². The summed E-state index contributed by atoms with van der Waals surface area (Å²) in [6.07, 6.45) is 3.90. The second-order valence-corrected chi connectivity index (χ2v) is 8.70. The molecule has 0 radical (unpaired) electrons. The molecule has 0 fully saturated rings. The summed E-state index contributed by atoms with van der Waals surface area (Å²) in [7, 11) is 0. The van der Waals surface area contributed by atoms with Crippen molar-refractivity contribution in [2.24, 2.45) is 0 Å². The van der Waals surface area contributed by atoms with Crippen LogP contribution in [0.25, 0.3) is 62.3 Å². The molecule has 2 heterocycles. The zero-order valence-electron chi connectivity index (χ0n) is 20.1. The number of oxazole rings is 2. The van der Waals surface area contributed by atoms with Crippen molar-refractivity contribution in [3.05, 3.63) is 115 Å². The maximum atomic E-state index is 5.99. The summed E-state index contributed by atoms with van der Waals surface area (Å²) in [5, 5.41) is 0. The van der Waals surface area contributed by atoms with Crippen LogP contribution in [0, 0.1) is 6.92 Å². The lowest BCUT2D eigenvalue weighted by Crippen LogP contribution is -1.85. The topological polar surface area (TPSA) is 52.1 Å². The predicted molar refractivity (Wildman–Crippen MR) is 145 cm³/mol. The highest BCUT2D eigenvalue weighted by Gasteiger charge is 2.12. The maximum absolute atomic E-state index is 5.99. The van der Waals surface area contributed by atoms with E-state index in [1.807, 2.05) is 74.5 Å². The fourth-order valence-electron chi connectivity index (χ4n) is 4.38. The molecule has 0 aliphatic rings. The van der Waals surface area contributed by atoms with E-state index in [1.54, 1.807) is 0 Å². The normalized spacial score (nSPS) is 11.5. The number of rotatable bonds is 5. The van der Waals surface area contributed by atoms with Crippen molar-refractivity contribution in [3.63, 3.8) is 0 Å². The lowest BCUT2D eigenvalue weighted by molar-refractivity contribution is 0.563. The molecule has 0 aliphatic carbocycles. The number of fused-ring (bicyclic) bond motifs is 1. The van der Waals surface area contributed by atoms with Crippen LogP contribution in [0.4, 0.5) is 0 Å². The van der Waals surface area contributed by atoms with Crippen molar-refractivity contribution < 1.29 is 8.83 Å². The van der Waals surface area contributed by atoms with Crippen LogP contribution in [0.15, 0.2) is 112 Å². The summed E-state index contributed by atoms with van der Waals surface area (Å²) in [4.78, 5) is 9.28. The first kappa shape index (κ1) is 21.8. The molecule has 0 aliphatic heterocycles. The predicted octanol–water partition coefficient (Wildman–Crippen LogP) is 8.83. The molecule has 0 N–H and O–H groups in total. The third-order valence-corrected chi connectivity index (χ3v) is 6.19. The molecule has 4 heteroatoms. The van der Waals surface area contributed by atoms with Crippen molar-refractivity contribution in [3.8, 4) is 45.2 Å². The van der Waals surface area contributed by atoms with E-state index in [0.29, 0.717) is 11.8 Å². The quantitative estimate of drug-likeness (QED) is 0.254. The van der Waals surface area contributed by atoms with Crippen molar-refractivity contribution >= 4 is 17.2 Å². The van der Waals surface area contributed by atoms with Gasteiger partial charge in [-0.05, 0) is 84.6 Å². The largest absolute Gasteiger partial charge is 0.436 e. The monoisotopic (exact) mass is 468 g/mol. The fourth-order valence-corrected chi connectivity index (χ4v) is 4.38. The summed E-state index contributed by atoms with van der Waals surface area (Å²) in [6.45, 7) is 3.93. The first-order valence-electron chi connectivity index (χ1n) is 12.0. The molecule has 6 rings (SSSR count). The fraction of sp³-hybridized carbons (Fsp3) is 0.0625. The van der Waals surface area contributed by atoms with Gasteiger partial charge in [0.15, 0.2) is 5.58 Å². The van der Waals surface area contributed by atoms with E-state index < -0.39 is 0 Å². The molecule has 4 aromatic carbocycles. The van der Waals surface area contributed by atoms with Crippen LogP contribution in [0.2, 0.25) is 0 Å². The van der Waals surface area contributed by atoms with Crippen LogP contribution in [0.1, 0.15) is 18.4 Å². The highest BCUT2D eigenvalue weighted by Crippen LogP contribution is 2.32. The lowest BCUT2D eigenvalue weighted by Gasteiger charge is -2.08. The minimum Gasteiger partial charge on any atom is -0.436 e. The summed E-state index contributed by atoms with van der Waals surface area (Å²) >= 11 is 0. The van der Waals surface area contributed by atoms with E-state index in [9.17, 15) is 0 Å². The number of hydrogen-bond donors (Lipinski definition) is 0. The Kier molecular flexibility index (Phi) is 5.55. The third kappa shape index (κ3) is 4.14. The average molecular weight is 469 g/mol. The van der Waals surface area contributed by atoms with Gasteiger partial charge in [0.25, 0.3) is 0 Å². The van der Waals surface area contributed by atoms with E-state index in [0.717, 1.165) is 55.9 Å². The molecule has 0 bridgehead atoms. The van der Waals surface area contributed by atoms with Gasteiger partial charge in [0.2, 0.25) is 11.8 Å². The van der Waals surface area contributed by atoms with Gasteiger partial charge in [-0.1, -0.05) is 60.7 Å². The van der Waals surface area contributed by atoms with Gasteiger partial charge < -0.3 is 8.83 Å². The van der Waals surface area contributed by atoms with Crippen LogP contribution in [-0.2, 0) is 0 Å². The van der Waals surface area contributed by atoms with E-state index in [-0.39, 0.29) is 0 Å². The van der Waals surface area contributed by atoms with Crippen molar-refractivity contribution in [1.29, 1.82) is 0 Å². The van der Waals surface area contributed by atoms with Crippen LogP contribution in [-0.4, -0.2) is 9.97 Å².